The maximum atomic E-state index is 11.8. The van der Waals surface area contributed by atoms with E-state index < -0.39 is 10.0 Å². The van der Waals surface area contributed by atoms with Crippen LogP contribution in [0, 0.1) is 0 Å². The highest BCUT2D eigenvalue weighted by Crippen LogP contribution is 2.21. The Kier molecular flexibility index (Phi) is 5.96. The minimum absolute atomic E-state index is 0.0112. The normalized spacial score (nSPS) is 20.0. The molecular weight excluding hydrogens is 304 g/mol. The van der Waals surface area contributed by atoms with E-state index in [1.54, 1.807) is 16.7 Å². The molecule has 0 aromatic carbocycles. The number of hydrogen-bond acceptors (Lipinski definition) is 4. The fourth-order valence-electron chi connectivity index (χ4n) is 2.84. The third-order valence-corrected chi connectivity index (χ3v) is 5.33. The Bertz CT molecular complexity index is 571. The van der Waals surface area contributed by atoms with E-state index in [0.717, 1.165) is 24.8 Å². The Morgan fingerprint density at radius 3 is 3.00 bits per heavy atom. The number of nitrogens with one attached hydrogen (secondary N) is 2. The minimum Gasteiger partial charge on any atom is -0.356 e. The standard InChI is InChI=1S/C14H24N4O3S/c1-22(20,21)18-9-3-2-4-13(18)7-8-15-14(19)6-5-12-10-16-17-11-12/h10-11,13H,2-9H2,1H3,(H,15,19)(H,16,17)/t13-/m1/s1. The zero-order valence-corrected chi connectivity index (χ0v) is 13.7. The van der Waals surface area contributed by atoms with Crippen LogP contribution in [0.5, 0.6) is 0 Å². The Morgan fingerprint density at radius 2 is 2.32 bits per heavy atom. The number of sulfonamides is 1. The molecule has 2 N–H and O–H groups in total. The van der Waals surface area contributed by atoms with Gasteiger partial charge in [-0.2, -0.15) is 9.40 Å². The van der Waals surface area contributed by atoms with Gasteiger partial charge in [0.05, 0.1) is 12.5 Å². The number of rotatable bonds is 7. The first-order valence-electron chi connectivity index (χ1n) is 7.68. The lowest BCUT2D eigenvalue weighted by atomic mass is 10.0. The Hall–Kier alpha value is -1.41. The monoisotopic (exact) mass is 328 g/mol. The SMILES string of the molecule is CS(=O)(=O)N1CCCC[C@@H]1CCNC(=O)CCc1cn[nH]c1. The molecule has 124 valence electrons. The van der Waals surface area contributed by atoms with Crippen molar-refractivity contribution in [2.24, 2.45) is 0 Å². The first-order chi connectivity index (χ1) is 10.5. The van der Waals surface area contributed by atoms with E-state index in [-0.39, 0.29) is 11.9 Å². The van der Waals surface area contributed by atoms with Crippen molar-refractivity contribution in [3.63, 3.8) is 0 Å². The van der Waals surface area contributed by atoms with E-state index in [0.29, 0.717) is 32.4 Å². The van der Waals surface area contributed by atoms with Crippen LogP contribution in [0.25, 0.3) is 0 Å². The fraction of sp³-hybridized carbons (Fsp3) is 0.714. The third-order valence-electron chi connectivity index (χ3n) is 3.99. The van der Waals surface area contributed by atoms with Crippen LogP contribution >= 0.6 is 0 Å². The summed E-state index contributed by atoms with van der Waals surface area (Å²) in [6.07, 6.45) is 9.32. The number of H-pyrrole nitrogens is 1. The van der Waals surface area contributed by atoms with Gasteiger partial charge in [-0.25, -0.2) is 8.42 Å². The van der Waals surface area contributed by atoms with Gasteiger partial charge in [-0.05, 0) is 31.2 Å². The van der Waals surface area contributed by atoms with Crippen LogP contribution in [0.15, 0.2) is 12.4 Å². The summed E-state index contributed by atoms with van der Waals surface area (Å²) in [7, 11) is -3.16. The minimum atomic E-state index is -3.16. The van der Waals surface area contributed by atoms with Crippen molar-refractivity contribution in [2.45, 2.75) is 44.6 Å². The lowest BCUT2D eigenvalue weighted by Crippen LogP contribution is -2.44. The summed E-state index contributed by atoms with van der Waals surface area (Å²) in [6.45, 7) is 1.11. The molecule has 0 saturated carbocycles. The molecule has 22 heavy (non-hydrogen) atoms. The predicted molar refractivity (Wildman–Crippen MR) is 83.7 cm³/mol. The summed E-state index contributed by atoms with van der Waals surface area (Å²) in [6, 6.07) is 0.0120. The smallest absolute Gasteiger partial charge is 0.220 e. The van der Waals surface area contributed by atoms with Gasteiger partial charge in [0.2, 0.25) is 15.9 Å². The van der Waals surface area contributed by atoms with Gasteiger partial charge in [0.25, 0.3) is 0 Å². The van der Waals surface area contributed by atoms with Crippen LogP contribution in [0.2, 0.25) is 0 Å². The number of amides is 1. The number of hydrogen-bond donors (Lipinski definition) is 2. The summed E-state index contributed by atoms with van der Waals surface area (Å²) in [5.74, 6) is -0.0112. The Morgan fingerprint density at radius 1 is 1.50 bits per heavy atom. The highest BCUT2D eigenvalue weighted by molar-refractivity contribution is 7.88. The first-order valence-corrected chi connectivity index (χ1v) is 9.53. The third kappa shape index (κ3) is 5.10. The van der Waals surface area contributed by atoms with Crippen molar-refractivity contribution in [3.05, 3.63) is 18.0 Å². The lowest BCUT2D eigenvalue weighted by Gasteiger charge is -2.33. The molecule has 1 amide bonds. The molecule has 7 nitrogen and oxygen atoms in total. The van der Waals surface area contributed by atoms with Gasteiger partial charge < -0.3 is 5.32 Å². The molecule has 1 aromatic rings. The van der Waals surface area contributed by atoms with Crippen LogP contribution in [-0.2, 0) is 21.2 Å². The summed E-state index contributed by atoms with van der Waals surface area (Å²) in [5, 5.41) is 9.42. The van der Waals surface area contributed by atoms with E-state index >= 15 is 0 Å². The van der Waals surface area contributed by atoms with Crippen LogP contribution in [0.3, 0.4) is 0 Å². The van der Waals surface area contributed by atoms with Gasteiger partial charge in [0, 0.05) is 31.7 Å². The Balaban J connectivity index is 1.71. The van der Waals surface area contributed by atoms with Crippen molar-refractivity contribution < 1.29 is 13.2 Å². The zero-order valence-electron chi connectivity index (χ0n) is 12.9. The summed E-state index contributed by atoms with van der Waals surface area (Å²) >= 11 is 0. The quantitative estimate of drug-likeness (QED) is 0.769. The fourth-order valence-corrected chi connectivity index (χ4v) is 4.05. The van der Waals surface area contributed by atoms with Crippen LogP contribution in [-0.4, -0.2) is 54.2 Å². The predicted octanol–water partition coefficient (Wildman–Crippen LogP) is 0.663. The first kappa shape index (κ1) is 17.0. The second-order valence-electron chi connectivity index (χ2n) is 5.77. The molecule has 0 unspecified atom stereocenters. The van der Waals surface area contributed by atoms with E-state index in [1.165, 1.54) is 6.26 Å². The molecule has 0 spiro atoms. The van der Waals surface area contributed by atoms with Crippen LogP contribution in [0.4, 0.5) is 0 Å². The molecule has 8 heteroatoms. The molecular formula is C14H24N4O3S. The summed E-state index contributed by atoms with van der Waals surface area (Å²) in [5.41, 5.74) is 1.01. The highest BCUT2D eigenvalue weighted by Gasteiger charge is 2.28. The van der Waals surface area contributed by atoms with E-state index in [4.69, 9.17) is 0 Å². The number of aromatic amines is 1. The van der Waals surface area contributed by atoms with E-state index in [2.05, 4.69) is 15.5 Å². The highest BCUT2D eigenvalue weighted by atomic mass is 32.2. The second kappa shape index (κ2) is 7.73. The average molecular weight is 328 g/mol. The van der Waals surface area contributed by atoms with Gasteiger partial charge in [-0.15, -0.1) is 0 Å². The van der Waals surface area contributed by atoms with Gasteiger partial charge in [-0.3, -0.25) is 9.89 Å². The van der Waals surface area contributed by atoms with Crippen molar-refractivity contribution >= 4 is 15.9 Å². The van der Waals surface area contributed by atoms with E-state index in [1.807, 2.05) is 0 Å². The topological polar surface area (TPSA) is 95.2 Å². The molecule has 1 atom stereocenters. The summed E-state index contributed by atoms with van der Waals surface area (Å²) in [4.78, 5) is 11.8. The second-order valence-corrected chi connectivity index (χ2v) is 7.70. The van der Waals surface area contributed by atoms with Gasteiger partial charge in [0.1, 0.15) is 0 Å². The van der Waals surface area contributed by atoms with Crippen molar-refractivity contribution in [1.82, 2.24) is 19.8 Å². The van der Waals surface area contributed by atoms with Gasteiger partial charge >= 0.3 is 0 Å². The molecule has 1 aliphatic rings. The number of piperidine rings is 1. The van der Waals surface area contributed by atoms with E-state index in [9.17, 15) is 13.2 Å². The molecule has 0 radical (unpaired) electrons. The number of carbonyl (C=O) groups excluding carboxylic acids is 1. The van der Waals surface area contributed by atoms with Crippen molar-refractivity contribution in [2.75, 3.05) is 19.3 Å². The molecule has 1 aromatic heterocycles. The van der Waals surface area contributed by atoms with Crippen molar-refractivity contribution in [1.29, 1.82) is 0 Å². The Labute approximate surface area is 131 Å². The maximum absolute atomic E-state index is 11.8. The zero-order chi connectivity index (χ0) is 16.0. The van der Waals surface area contributed by atoms with Gasteiger partial charge in [-0.1, -0.05) is 6.42 Å². The molecule has 2 heterocycles. The summed E-state index contributed by atoms with van der Waals surface area (Å²) < 4.78 is 25.1. The number of carbonyl (C=O) groups is 1. The molecule has 2 rings (SSSR count). The number of nitrogens with zero attached hydrogens (tertiary/aromatic N) is 2. The lowest BCUT2D eigenvalue weighted by molar-refractivity contribution is -0.121. The number of aromatic nitrogens is 2. The molecule has 1 aliphatic heterocycles. The van der Waals surface area contributed by atoms with Crippen LogP contribution < -0.4 is 5.32 Å². The average Bonchev–Trinajstić information content (AvgIpc) is 2.98. The van der Waals surface area contributed by atoms with Gasteiger partial charge in [0.15, 0.2) is 0 Å². The van der Waals surface area contributed by atoms with Crippen LogP contribution in [0.1, 0.15) is 37.7 Å². The van der Waals surface area contributed by atoms with Crippen molar-refractivity contribution in [3.8, 4) is 0 Å². The molecule has 0 aliphatic carbocycles. The molecule has 0 bridgehead atoms. The molecule has 1 saturated heterocycles. The maximum Gasteiger partial charge on any atom is 0.220 e. The number of aryl methyl sites for hydroxylation is 1. The largest absolute Gasteiger partial charge is 0.356 e. The molecule has 1 fully saturated rings.